The highest BCUT2D eigenvalue weighted by Gasteiger charge is 2.19. The first-order valence-corrected chi connectivity index (χ1v) is 7.82. The molecule has 0 saturated carbocycles. The van der Waals surface area contributed by atoms with Crippen LogP contribution in [0.1, 0.15) is 12.5 Å². The SMILES string of the molecule is CCN1CCN(c2ncc(CNC)c3ccccc23)CC1. The number of likely N-dealkylation sites (N-methyl/N-ethyl adjacent to an activating group) is 1. The summed E-state index contributed by atoms with van der Waals surface area (Å²) in [6.45, 7) is 8.62. The number of rotatable bonds is 4. The molecule has 0 unspecified atom stereocenters. The van der Waals surface area contributed by atoms with Crippen LogP contribution in [0.4, 0.5) is 5.82 Å². The first-order chi connectivity index (χ1) is 10.3. The molecular formula is C17H24N4. The highest BCUT2D eigenvalue weighted by atomic mass is 15.3. The molecule has 21 heavy (non-hydrogen) atoms. The summed E-state index contributed by atoms with van der Waals surface area (Å²) >= 11 is 0. The Morgan fingerprint density at radius 3 is 2.48 bits per heavy atom. The summed E-state index contributed by atoms with van der Waals surface area (Å²) in [4.78, 5) is 9.69. The molecule has 2 aromatic rings. The Morgan fingerprint density at radius 1 is 1.10 bits per heavy atom. The minimum Gasteiger partial charge on any atom is -0.354 e. The van der Waals surface area contributed by atoms with E-state index >= 15 is 0 Å². The summed E-state index contributed by atoms with van der Waals surface area (Å²) in [6, 6.07) is 8.62. The maximum Gasteiger partial charge on any atom is 0.136 e. The van der Waals surface area contributed by atoms with Crippen LogP contribution in [0.3, 0.4) is 0 Å². The zero-order chi connectivity index (χ0) is 14.7. The standard InChI is InChI=1S/C17H24N4/c1-3-20-8-10-21(11-9-20)17-16-7-5-4-6-15(16)14(12-18-2)13-19-17/h4-7,13,18H,3,8-12H2,1-2H3. The number of anilines is 1. The molecule has 0 amide bonds. The monoisotopic (exact) mass is 284 g/mol. The minimum absolute atomic E-state index is 0.859. The van der Waals surface area contributed by atoms with Crippen LogP contribution in [0.5, 0.6) is 0 Å². The Labute approximate surface area is 126 Å². The van der Waals surface area contributed by atoms with E-state index in [1.807, 2.05) is 13.2 Å². The molecule has 1 aromatic heterocycles. The maximum atomic E-state index is 4.77. The van der Waals surface area contributed by atoms with Gasteiger partial charge in [-0.1, -0.05) is 31.2 Å². The first kappa shape index (κ1) is 14.3. The van der Waals surface area contributed by atoms with Crippen molar-refractivity contribution in [3.05, 3.63) is 36.0 Å². The lowest BCUT2D eigenvalue weighted by molar-refractivity contribution is 0.271. The second-order valence-electron chi connectivity index (χ2n) is 5.60. The Hall–Kier alpha value is -1.65. The molecular weight excluding hydrogens is 260 g/mol. The van der Waals surface area contributed by atoms with Gasteiger partial charge >= 0.3 is 0 Å². The number of piperazine rings is 1. The van der Waals surface area contributed by atoms with Crippen LogP contribution in [0.15, 0.2) is 30.5 Å². The predicted octanol–water partition coefficient (Wildman–Crippen LogP) is 2.10. The summed E-state index contributed by atoms with van der Waals surface area (Å²) in [5, 5.41) is 5.82. The van der Waals surface area contributed by atoms with Crippen molar-refractivity contribution < 1.29 is 0 Å². The quantitative estimate of drug-likeness (QED) is 0.931. The number of nitrogens with one attached hydrogen (secondary N) is 1. The van der Waals surface area contributed by atoms with Crippen LogP contribution in [-0.2, 0) is 6.54 Å². The molecule has 0 aliphatic carbocycles. The molecule has 2 heterocycles. The second-order valence-corrected chi connectivity index (χ2v) is 5.60. The molecule has 4 nitrogen and oxygen atoms in total. The van der Waals surface area contributed by atoms with E-state index in [4.69, 9.17) is 4.98 Å². The van der Waals surface area contributed by atoms with Crippen LogP contribution < -0.4 is 10.2 Å². The van der Waals surface area contributed by atoms with Crippen molar-refractivity contribution in [2.45, 2.75) is 13.5 Å². The highest BCUT2D eigenvalue weighted by Crippen LogP contribution is 2.27. The highest BCUT2D eigenvalue weighted by molar-refractivity contribution is 5.94. The van der Waals surface area contributed by atoms with Gasteiger partial charge in [0.15, 0.2) is 0 Å². The van der Waals surface area contributed by atoms with E-state index in [0.29, 0.717) is 0 Å². The summed E-state index contributed by atoms with van der Waals surface area (Å²) in [5.41, 5.74) is 1.27. The predicted molar refractivity (Wildman–Crippen MR) is 88.8 cm³/mol. The number of nitrogens with zero attached hydrogens (tertiary/aromatic N) is 3. The van der Waals surface area contributed by atoms with E-state index in [-0.39, 0.29) is 0 Å². The van der Waals surface area contributed by atoms with E-state index in [1.54, 1.807) is 0 Å². The normalized spacial score (nSPS) is 16.6. The number of pyridine rings is 1. The van der Waals surface area contributed by atoms with Crippen molar-refractivity contribution in [2.75, 3.05) is 44.7 Å². The van der Waals surface area contributed by atoms with Crippen molar-refractivity contribution in [1.82, 2.24) is 15.2 Å². The number of fused-ring (bicyclic) bond motifs is 1. The smallest absolute Gasteiger partial charge is 0.136 e. The van der Waals surface area contributed by atoms with E-state index in [1.165, 1.54) is 16.3 Å². The molecule has 3 rings (SSSR count). The Kier molecular flexibility index (Phi) is 4.36. The first-order valence-electron chi connectivity index (χ1n) is 7.82. The van der Waals surface area contributed by atoms with Gasteiger partial charge in [0.05, 0.1) is 0 Å². The fraction of sp³-hybridized carbons (Fsp3) is 0.471. The van der Waals surface area contributed by atoms with E-state index in [0.717, 1.165) is 45.1 Å². The van der Waals surface area contributed by atoms with Crippen LogP contribution in [0, 0.1) is 0 Å². The molecule has 112 valence electrons. The van der Waals surface area contributed by atoms with Gasteiger partial charge in [0.25, 0.3) is 0 Å². The second kappa shape index (κ2) is 6.41. The lowest BCUT2D eigenvalue weighted by atomic mass is 10.1. The maximum absolute atomic E-state index is 4.77. The molecule has 1 aromatic carbocycles. The third-order valence-electron chi connectivity index (χ3n) is 4.34. The van der Waals surface area contributed by atoms with Gasteiger partial charge in [0.1, 0.15) is 5.82 Å². The van der Waals surface area contributed by atoms with Crippen molar-refractivity contribution >= 4 is 16.6 Å². The number of hydrogen-bond donors (Lipinski definition) is 1. The fourth-order valence-corrected chi connectivity index (χ4v) is 3.10. The minimum atomic E-state index is 0.859. The largest absolute Gasteiger partial charge is 0.354 e. The molecule has 0 atom stereocenters. The van der Waals surface area contributed by atoms with Gasteiger partial charge in [0, 0.05) is 44.3 Å². The molecule has 1 N–H and O–H groups in total. The lowest BCUT2D eigenvalue weighted by Gasteiger charge is -2.35. The molecule has 4 heteroatoms. The fourth-order valence-electron chi connectivity index (χ4n) is 3.10. The Bertz CT molecular complexity index is 603. The lowest BCUT2D eigenvalue weighted by Crippen LogP contribution is -2.46. The Balaban J connectivity index is 1.94. The van der Waals surface area contributed by atoms with Crippen LogP contribution in [0.25, 0.3) is 10.8 Å². The van der Waals surface area contributed by atoms with Gasteiger partial charge in [-0.3, -0.25) is 0 Å². The third-order valence-corrected chi connectivity index (χ3v) is 4.34. The molecule has 0 spiro atoms. The van der Waals surface area contributed by atoms with Gasteiger partial charge < -0.3 is 15.1 Å². The third kappa shape index (κ3) is 2.87. The molecule has 1 aliphatic rings. The molecule has 0 bridgehead atoms. The van der Waals surface area contributed by atoms with Crippen molar-refractivity contribution in [1.29, 1.82) is 0 Å². The van der Waals surface area contributed by atoms with E-state index in [2.05, 4.69) is 46.3 Å². The topological polar surface area (TPSA) is 31.4 Å². The van der Waals surface area contributed by atoms with Gasteiger partial charge in [-0.15, -0.1) is 0 Å². The van der Waals surface area contributed by atoms with Gasteiger partial charge in [0.2, 0.25) is 0 Å². The summed E-state index contributed by atoms with van der Waals surface area (Å²) in [5.74, 6) is 1.14. The van der Waals surface area contributed by atoms with Gasteiger partial charge in [-0.05, 0) is 24.5 Å². The van der Waals surface area contributed by atoms with Gasteiger partial charge in [-0.2, -0.15) is 0 Å². The Morgan fingerprint density at radius 2 is 1.81 bits per heavy atom. The number of benzene rings is 1. The summed E-state index contributed by atoms with van der Waals surface area (Å²) in [7, 11) is 1.98. The van der Waals surface area contributed by atoms with E-state index < -0.39 is 0 Å². The molecule has 1 aliphatic heterocycles. The van der Waals surface area contributed by atoms with Crippen molar-refractivity contribution in [2.24, 2.45) is 0 Å². The number of hydrogen-bond acceptors (Lipinski definition) is 4. The summed E-state index contributed by atoms with van der Waals surface area (Å²) < 4.78 is 0. The van der Waals surface area contributed by atoms with Crippen LogP contribution >= 0.6 is 0 Å². The molecule has 1 saturated heterocycles. The zero-order valence-corrected chi connectivity index (χ0v) is 13.0. The average Bonchev–Trinajstić information content (AvgIpc) is 2.56. The molecule has 1 fully saturated rings. The average molecular weight is 284 g/mol. The van der Waals surface area contributed by atoms with Crippen LogP contribution in [-0.4, -0.2) is 49.7 Å². The van der Waals surface area contributed by atoms with Crippen molar-refractivity contribution in [3.8, 4) is 0 Å². The van der Waals surface area contributed by atoms with Crippen LogP contribution in [0.2, 0.25) is 0 Å². The number of aromatic nitrogens is 1. The summed E-state index contributed by atoms with van der Waals surface area (Å²) in [6.07, 6.45) is 2.03. The van der Waals surface area contributed by atoms with E-state index in [9.17, 15) is 0 Å². The van der Waals surface area contributed by atoms with Gasteiger partial charge in [-0.25, -0.2) is 4.98 Å². The zero-order valence-electron chi connectivity index (χ0n) is 13.0. The molecule has 0 radical (unpaired) electrons. The van der Waals surface area contributed by atoms with Crippen molar-refractivity contribution in [3.63, 3.8) is 0 Å².